The number of pyridine rings is 1. The summed E-state index contributed by atoms with van der Waals surface area (Å²) in [6, 6.07) is 9.68. The molecule has 2 heterocycles. The normalized spacial score (nSPS) is 21.5. The van der Waals surface area contributed by atoms with Gasteiger partial charge in [-0.2, -0.15) is 0 Å². The lowest BCUT2D eigenvalue weighted by atomic mass is 10.0. The van der Waals surface area contributed by atoms with E-state index in [1.54, 1.807) is 6.20 Å². The number of ether oxygens (including phenoxy) is 1. The molecule has 1 atom stereocenters. The average molecular weight is 284 g/mol. The minimum Gasteiger partial charge on any atom is -0.372 e. The number of hydrogen-bond acceptors (Lipinski definition) is 3. The maximum atomic E-state index is 12.9. The molecule has 2 aromatic rings. The highest BCUT2D eigenvalue weighted by molar-refractivity contribution is 6.05. The van der Waals surface area contributed by atoms with E-state index in [1.165, 1.54) is 0 Å². The summed E-state index contributed by atoms with van der Waals surface area (Å²) in [7, 11) is 0. The van der Waals surface area contributed by atoms with Crippen molar-refractivity contribution in [3.8, 4) is 0 Å². The number of amides is 1. The van der Waals surface area contributed by atoms with Crippen molar-refractivity contribution in [3.63, 3.8) is 0 Å². The van der Waals surface area contributed by atoms with Crippen LogP contribution < -0.4 is 0 Å². The molecule has 0 unspecified atom stereocenters. The molecule has 0 radical (unpaired) electrons. The van der Waals surface area contributed by atoms with Gasteiger partial charge in [0.05, 0.1) is 29.3 Å². The highest BCUT2D eigenvalue weighted by atomic mass is 16.5. The topological polar surface area (TPSA) is 42.4 Å². The van der Waals surface area contributed by atoms with Crippen molar-refractivity contribution < 1.29 is 9.53 Å². The van der Waals surface area contributed by atoms with E-state index in [1.807, 2.05) is 56.0 Å². The Labute approximate surface area is 124 Å². The van der Waals surface area contributed by atoms with E-state index in [4.69, 9.17) is 4.74 Å². The van der Waals surface area contributed by atoms with Crippen LogP contribution in [-0.2, 0) is 4.74 Å². The first-order valence-corrected chi connectivity index (χ1v) is 7.27. The number of nitrogens with zero attached hydrogens (tertiary/aromatic N) is 2. The van der Waals surface area contributed by atoms with E-state index < -0.39 is 0 Å². The molecule has 4 heteroatoms. The van der Waals surface area contributed by atoms with Crippen LogP contribution in [0.2, 0.25) is 0 Å². The second-order valence-electron chi connectivity index (χ2n) is 6.23. The summed E-state index contributed by atoms with van der Waals surface area (Å²) in [6.07, 6.45) is 1.73. The van der Waals surface area contributed by atoms with Crippen LogP contribution in [0.5, 0.6) is 0 Å². The molecule has 0 saturated carbocycles. The Hall–Kier alpha value is -1.94. The molecule has 4 nitrogen and oxygen atoms in total. The number of benzene rings is 1. The maximum Gasteiger partial charge on any atom is 0.256 e. The van der Waals surface area contributed by atoms with Gasteiger partial charge in [0.2, 0.25) is 0 Å². The Morgan fingerprint density at radius 1 is 1.33 bits per heavy atom. The quantitative estimate of drug-likeness (QED) is 0.808. The van der Waals surface area contributed by atoms with Crippen LogP contribution >= 0.6 is 0 Å². The fourth-order valence-electron chi connectivity index (χ4n) is 2.75. The minimum absolute atomic E-state index is 0.0307. The van der Waals surface area contributed by atoms with Gasteiger partial charge >= 0.3 is 0 Å². The number of fused-ring (bicyclic) bond motifs is 1. The van der Waals surface area contributed by atoms with E-state index in [-0.39, 0.29) is 17.6 Å². The standard InChI is InChI=1S/C17H20N2O2/c1-12-10-21-17(2,3)11-19(12)16(20)14-8-4-6-13-7-5-9-18-15(13)14/h4-9,12H,10-11H2,1-3H3/t12-/m0/s1. The summed E-state index contributed by atoms with van der Waals surface area (Å²) in [5.41, 5.74) is 1.12. The first-order valence-electron chi connectivity index (χ1n) is 7.27. The Balaban J connectivity index is 2.00. The number of aromatic nitrogens is 1. The smallest absolute Gasteiger partial charge is 0.256 e. The monoisotopic (exact) mass is 284 g/mol. The van der Waals surface area contributed by atoms with Crippen LogP contribution in [0, 0.1) is 0 Å². The number of carbonyl (C=O) groups excluding carboxylic acids is 1. The third-order valence-corrected chi connectivity index (χ3v) is 3.92. The summed E-state index contributed by atoms with van der Waals surface area (Å²) in [6.45, 7) is 7.21. The number of hydrogen-bond donors (Lipinski definition) is 0. The van der Waals surface area contributed by atoms with Crippen LogP contribution in [0.1, 0.15) is 31.1 Å². The number of rotatable bonds is 1. The van der Waals surface area contributed by atoms with Gasteiger partial charge in [0.15, 0.2) is 0 Å². The zero-order chi connectivity index (χ0) is 15.0. The molecule has 110 valence electrons. The molecule has 0 spiro atoms. The van der Waals surface area contributed by atoms with Crippen LogP contribution in [-0.4, -0.2) is 40.6 Å². The zero-order valence-electron chi connectivity index (χ0n) is 12.7. The highest BCUT2D eigenvalue weighted by Crippen LogP contribution is 2.24. The second-order valence-corrected chi connectivity index (χ2v) is 6.23. The van der Waals surface area contributed by atoms with E-state index in [2.05, 4.69) is 4.98 Å². The molecule has 0 bridgehead atoms. The van der Waals surface area contributed by atoms with Gasteiger partial charge in [-0.15, -0.1) is 0 Å². The zero-order valence-corrected chi connectivity index (χ0v) is 12.7. The number of para-hydroxylation sites is 1. The van der Waals surface area contributed by atoms with Gasteiger partial charge in [0, 0.05) is 18.1 Å². The van der Waals surface area contributed by atoms with Gasteiger partial charge in [-0.25, -0.2) is 0 Å². The lowest BCUT2D eigenvalue weighted by molar-refractivity contribution is -0.0979. The summed E-state index contributed by atoms with van der Waals surface area (Å²) in [5, 5.41) is 0.989. The largest absolute Gasteiger partial charge is 0.372 e. The highest BCUT2D eigenvalue weighted by Gasteiger charge is 2.35. The lowest BCUT2D eigenvalue weighted by Crippen LogP contribution is -2.55. The molecular weight excluding hydrogens is 264 g/mol. The maximum absolute atomic E-state index is 12.9. The Morgan fingerprint density at radius 2 is 2.10 bits per heavy atom. The lowest BCUT2D eigenvalue weighted by Gasteiger charge is -2.42. The van der Waals surface area contributed by atoms with E-state index in [0.29, 0.717) is 18.7 Å². The van der Waals surface area contributed by atoms with Gasteiger partial charge in [0.1, 0.15) is 0 Å². The molecule has 3 rings (SSSR count). The Kier molecular flexibility index (Phi) is 3.41. The van der Waals surface area contributed by atoms with Gasteiger partial charge < -0.3 is 9.64 Å². The van der Waals surface area contributed by atoms with Gasteiger partial charge in [-0.05, 0) is 32.9 Å². The number of carbonyl (C=O) groups is 1. The second kappa shape index (κ2) is 5.11. The Bertz CT molecular complexity index is 676. The van der Waals surface area contributed by atoms with Crippen LogP contribution in [0.15, 0.2) is 36.5 Å². The van der Waals surface area contributed by atoms with Gasteiger partial charge in [-0.1, -0.05) is 18.2 Å². The molecule has 1 aromatic heterocycles. The van der Waals surface area contributed by atoms with Crippen molar-refractivity contribution in [3.05, 3.63) is 42.1 Å². The summed E-state index contributed by atoms with van der Waals surface area (Å²) in [5.74, 6) is 0.0307. The average Bonchev–Trinajstić information content (AvgIpc) is 2.48. The summed E-state index contributed by atoms with van der Waals surface area (Å²) < 4.78 is 5.77. The molecule has 1 saturated heterocycles. The third-order valence-electron chi connectivity index (χ3n) is 3.92. The molecule has 1 amide bonds. The third kappa shape index (κ3) is 2.63. The first kappa shape index (κ1) is 14.0. The van der Waals surface area contributed by atoms with Crippen molar-refractivity contribution in [1.29, 1.82) is 0 Å². The molecule has 21 heavy (non-hydrogen) atoms. The van der Waals surface area contributed by atoms with E-state index in [0.717, 1.165) is 10.9 Å². The van der Waals surface area contributed by atoms with Crippen LogP contribution in [0.3, 0.4) is 0 Å². The fraction of sp³-hybridized carbons (Fsp3) is 0.412. The molecule has 1 aliphatic rings. The SMILES string of the molecule is C[C@H]1COC(C)(C)CN1C(=O)c1cccc2cccnc12. The first-order chi connectivity index (χ1) is 9.98. The molecule has 1 aliphatic heterocycles. The molecule has 0 N–H and O–H groups in total. The minimum atomic E-state index is -0.305. The predicted octanol–water partition coefficient (Wildman–Crippen LogP) is 2.87. The number of morpholine rings is 1. The summed E-state index contributed by atoms with van der Waals surface area (Å²) in [4.78, 5) is 19.2. The summed E-state index contributed by atoms with van der Waals surface area (Å²) >= 11 is 0. The van der Waals surface area contributed by atoms with Crippen LogP contribution in [0.4, 0.5) is 0 Å². The fourth-order valence-corrected chi connectivity index (χ4v) is 2.75. The molecule has 0 aliphatic carbocycles. The van der Waals surface area contributed by atoms with Crippen molar-refractivity contribution in [2.75, 3.05) is 13.2 Å². The predicted molar refractivity (Wildman–Crippen MR) is 82.3 cm³/mol. The van der Waals surface area contributed by atoms with Gasteiger partial charge in [0.25, 0.3) is 5.91 Å². The van der Waals surface area contributed by atoms with Gasteiger partial charge in [-0.3, -0.25) is 9.78 Å². The van der Waals surface area contributed by atoms with Crippen molar-refractivity contribution in [2.24, 2.45) is 0 Å². The molecule has 1 fully saturated rings. The molecule has 1 aromatic carbocycles. The van der Waals surface area contributed by atoms with Crippen LogP contribution in [0.25, 0.3) is 10.9 Å². The Morgan fingerprint density at radius 3 is 2.90 bits per heavy atom. The van der Waals surface area contributed by atoms with E-state index in [9.17, 15) is 4.79 Å². The van der Waals surface area contributed by atoms with Crippen molar-refractivity contribution in [2.45, 2.75) is 32.4 Å². The van der Waals surface area contributed by atoms with Crippen molar-refractivity contribution >= 4 is 16.8 Å². The molecular formula is C17H20N2O2. The van der Waals surface area contributed by atoms with Crippen molar-refractivity contribution in [1.82, 2.24) is 9.88 Å². The van der Waals surface area contributed by atoms with E-state index >= 15 is 0 Å².